The lowest BCUT2D eigenvalue weighted by Crippen LogP contribution is -2.07. The first-order valence-electron chi connectivity index (χ1n) is 6.35. The van der Waals surface area contributed by atoms with Crippen LogP contribution in [0.5, 0.6) is 5.75 Å². The molecule has 0 aliphatic heterocycles. The van der Waals surface area contributed by atoms with Crippen molar-refractivity contribution in [3.05, 3.63) is 47.9 Å². The maximum absolute atomic E-state index is 8.68. The second kappa shape index (κ2) is 6.29. The number of ether oxygens (including phenoxy) is 1. The van der Waals surface area contributed by atoms with E-state index in [-0.39, 0.29) is 12.6 Å². The summed E-state index contributed by atoms with van der Waals surface area (Å²) in [5.74, 6) is 1.70. The van der Waals surface area contributed by atoms with E-state index in [1.807, 2.05) is 37.3 Å². The third-order valence-electron chi connectivity index (χ3n) is 2.89. The highest BCUT2D eigenvalue weighted by Gasteiger charge is 2.11. The quantitative estimate of drug-likeness (QED) is 0.838. The molecule has 0 aliphatic carbocycles. The van der Waals surface area contributed by atoms with Crippen molar-refractivity contribution in [2.45, 2.75) is 19.9 Å². The first-order chi connectivity index (χ1) is 9.20. The average molecular weight is 261 g/mol. The van der Waals surface area contributed by atoms with Crippen LogP contribution in [0.4, 0.5) is 5.69 Å². The van der Waals surface area contributed by atoms with E-state index in [0.717, 1.165) is 22.8 Å². The molecule has 2 rings (SSSR count). The van der Waals surface area contributed by atoms with Crippen molar-refractivity contribution < 1.29 is 14.3 Å². The van der Waals surface area contributed by atoms with Crippen molar-refractivity contribution in [3.8, 4) is 5.75 Å². The van der Waals surface area contributed by atoms with Crippen LogP contribution in [0.15, 0.2) is 41.0 Å². The largest absolute Gasteiger partial charge is 0.491 e. The summed E-state index contributed by atoms with van der Waals surface area (Å²) in [6.07, 6.45) is 1.70. The summed E-state index contributed by atoms with van der Waals surface area (Å²) in [5.41, 5.74) is 2.14. The van der Waals surface area contributed by atoms with E-state index >= 15 is 0 Å². The Kier molecular flexibility index (Phi) is 4.47. The smallest absolute Gasteiger partial charge is 0.128 e. The first-order valence-corrected chi connectivity index (χ1v) is 6.35. The molecule has 102 valence electrons. The van der Waals surface area contributed by atoms with E-state index < -0.39 is 0 Å². The standard InChI is InChI=1S/C15H19NO3/c1-11-7-9-19-15(11)12(2)16-13-3-5-14(6-4-13)18-10-8-17/h3-7,9,12,16-17H,8,10H2,1-2H3. The lowest BCUT2D eigenvalue weighted by molar-refractivity contribution is 0.201. The van der Waals surface area contributed by atoms with Crippen molar-refractivity contribution in [3.63, 3.8) is 0 Å². The zero-order valence-corrected chi connectivity index (χ0v) is 11.2. The molecule has 0 fully saturated rings. The lowest BCUT2D eigenvalue weighted by atomic mass is 10.1. The lowest BCUT2D eigenvalue weighted by Gasteiger charge is -2.14. The summed E-state index contributed by atoms with van der Waals surface area (Å²) in [6, 6.07) is 9.71. The highest BCUT2D eigenvalue weighted by Crippen LogP contribution is 2.24. The number of hydrogen-bond donors (Lipinski definition) is 2. The number of aryl methyl sites for hydroxylation is 1. The first kappa shape index (κ1) is 13.5. The van der Waals surface area contributed by atoms with E-state index in [9.17, 15) is 0 Å². The number of aliphatic hydroxyl groups is 1. The van der Waals surface area contributed by atoms with Crippen molar-refractivity contribution in [1.82, 2.24) is 0 Å². The molecule has 1 unspecified atom stereocenters. The number of rotatable bonds is 6. The number of benzene rings is 1. The molecule has 0 spiro atoms. The van der Waals surface area contributed by atoms with Crippen LogP contribution in [-0.2, 0) is 0 Å². The second-order valence-electron chi connectivity index (χ2n) is 4.43. The molecule has 1 aromatic heterocycles. The van der Waals surface area contributed by atoms with Gasteiger partial charge in [0, 0.05) is 5.69 Å². The van der Waals surface area contributed by atoms with Gasteiger partial charge in [0.1, 0.15) is 18.1 Å². The van der Waals surface area contributed by atoms with Crippen LogP contribution in [0.1, 0.15) is 24.3 Å². The van der Waals surface area contributed by atoms with Gasteiger partial charge in [-0.25, -0.2) is 0 Å². The van der Waals surface area contributed by atoms with Gasteiger partial charge in [-0.15, -0.1) is 0 Å². The molecule has 0 saturated heterocycles. The normalized spacial score (nSPS) is 12.2. The Balaban J connectivity index is 1.97. The van der Waals surface area contributed by atoms with Crippen LogP contribution in [0.3, 0.4) is 0 Å². The van der Waals surface area contributed by atoms with Gasteiger partial charge >= 0.3 is 0 Å². The number of furan rings is 1. The molecule has 0 aliphatic rings. The summed E-state index contributed by atoms with van der Waals surface area (Å²) in [4.78, 5) is 0. The molecular formula is C15H19NO3. The predicted molar refractivity (Wildman–Crippen MR) is 74.5 cm³/mol. The summed E-state index contributed by atoms with van der Waals surface area (Å²) in [6.45, 7) is 4.43. The Morgan fingerprint density at radius 3 is 2.58 bits per heavy atom. The van der Waals surface area contributed by atoms with Crippen molar-refractivity contribution in [2.75, 3.05) is 18.5 Å². The summed E-state index contributed by atoms with van der Waals surface area (Å²) in [5, 5.41) is 12.1. The molecule has 0 saturated carbocycles. The fourth-order valence-electron chi connectivity index (χ4n) is 1.95. The zero-order chi connectivity index (χ0) is 13.7. The van der Waals surface area contributed by atoms with E-state index in [0.29, 0.717) is 6.61 Å². The van der Waals surface area contributed by atoms with Gasteiger partial charge in [-0.1, -0.05) is 0 Å². The number of hydrogen-bond acceptors (Lipinski definition) is 4. The minimum absolute atomic E-state index is 0.0226. The monoisotopic (exact) mass is 261 g/mol. The molecule has 0 bridgehead atoms. The Morgan fingerprint density at radius 1 is 1.26 bits per heavy atom. The van der Waals surface area contributed by atoms with E-state index in [1.54, 1.807) is 6.26 Å². The molecule has 0 amide bonds. The molecule has 1 atom stereocenters. The van der Waals surface area contributed by atoms with Crippen molar-refractivity contribution in [2.24, 2.45) is 0 Å². The molecule has 19 heavy (non-hydrogen) atoms. The van der Waals surface area contributed by atoms with Crippen molar-refractivity contribution >= 4 is 5.69 Å². The molecular weight excluding hydrogens is 242 g/mol. The van der Waals surface area contributed by atoms with Crippen LogP contribution in [0.2, 0.25) is 0 Å². The van der Waals surface area contributed by atoms with Gasteiger partial charge in [0.25, 0.3) is 0 Å². The fraction of sp³-hybridized carbons (Fsp3) is 0.333. The van der Waals surface area contributed by atoms with Gasteiger partial charge in [-0.05, 0) is 49.7 Å². The van der Waals surface area contributed by atoms with Gasteiger partial charge in [0.05, 0.1) is 18.9 Å². The second-order valence-corrected chi connectivity index (χ2v) is 4.43. The zero-order valence-electron chi connectivity index (χ0n) is 11.2. The Bertz CT molecular complexity index is 504. The Hall–Kier alpha value is -1.94. The minimum Gasteiger partial charge on any atom is -0.491 e. The van der Waals surface area contributed by atoms with Crippen LogP contribution in [-0.4, -0.2) is 18.3 Å². The maximum atomic E-state index is 8.68. The van der Waals surface area contributed by atoms with Crippen LogP contribution < -0.4 is 10.1 Å². The van der Waals surface area contributed by atoms with Crippen molar-refractivity contribution in [1.29, 1.82) is 0 Å². The van der Waals surface area contributed by atoms with Crippen LogP contribution in [0.25, 0.3) is 0 Å². The molecule has 2 aromatic rings. The minimum atomic E-state index is 0.0226. The van der Waals surface area contributed by atoms with Gasteiger partial charge in [0.2, 0.25) is 0 Å². The van der Waals surface area contributed by atoms with E-state index in [2.05, 4.69) is 12.2 Å². The summed E-state index contributed by atoms with van der Waals surface area (Å²) < 4.78 is 10.8. The molecule has 1 heterocycles. The third-order valence-corrected chi connectivity index (χ3v) is 2.89. The Morgan fingerprint density at radius 2 is 2.00 bits per heavy atom. The van der Waals surface area contributed by atoms with E-state index in [1.165, 1.54) is 0 Å². The van der Waals surface area contributed by atoms with Crippen LogP contribution >= 0.6 is 0 Å². The summed E-state index contributed by atoms with van der Waals surface area (Å²) in [7, 11) is 0. The topological polar surface area (TPSA) is 54.6 Å². The van der Waals surface area contributed by atoms with Gasteiger partial charge in [0.15, 0.2) is 0 Å². The molecule has 2 N–H and O–H groups in total. The number of anilines is 1. The summed E-state index contributed by atoms with van der Waals surface area (Å²) >= 11 is 0. The van der Waals surface area contributed by atoms with Gasteiger partial charge < -0.3 is 19.6 Å². The third kappa shape index (κ3) is 3.51. The number of aliphatic hydroxyl groups excluding tert-OH is 1. The van der Waals surface area contributed by atoms with Gasteiger partial charge in [-0.3, -0.25) is 0 Å². The molecule has 0 radical (unpaired) electrons. The fourth-order valence-corrected chi connectivity index (χ4v) is 1.95. The highest BCUT2D eigenvalue weighted by atomic mass is 16.5. The predicted octanol–water partition coefficient (Wildman–Crippen LogP) is 3.13. The van der Waals surface area contributed by atoms with Crippen LogP contribution in [0, 0.1) is 6.92 Å². The molecule has 4 heteroatoms. The number of nitrogens with one attached hydrogen (secondary N) is 1. The average Bonchev–Trinajstić information content (AvgIpc) is 2.84. The SMILES string of the molecule is Cc1ccoc1C(C)Nc1ccc(OCCO)cc1. The maximum Gasteiger partial charge on any atom is 0.128 e. The highest BCUT2D eigenvalue weighted by molar-refractivity contribution is 5.47. The Labute approximate surface area is 113 Å². The van der Waals surface area contributed by atoms with E-state index in [4.69, 9.17) is 14.3 Å². The molecule has 1 aromatic carbocycles. The van der Waals surface area contributed by atoms with Gasteiger partial charge in [-0.2, -0.15) is 0 Å². The molecule has 4 nitrogen and oxygen atoms in total.